The number of hydrogen-bond donors (Lipinski definition) is 7. The first-order chi connectivity index (χ1) is 19.9. The summed E-state index contributed by atoms with van der Waals surface area (Å²) in [5.41, 5.74) is 20.5. The number of fused-ring (bicyclic) bond motifs is 1. The molecule has 12 heteroatoms. The summed E-state index contributed by atoms with van der Waals surface area (Å²) in [5, 5.41) is 18.9. The van der Waals surface area contributed by atoms with Gasteiger partial charge in [-0.3, -0.25) is 14.4 Å². The monoisotopic (exact) mass is 578 g/mol. The highest BCUT2D eigenvalue weighted by atomic mass is 16.5. The van der Waals surface area contributed by atoms with Crippen molar-refractivity contribution >= 4 is 36.0 Å². The molecule has 0 radical (unpaired) electrons. The fraction of sp³-hybridized carbons (Fsp3) is 0.500. The Bertz CT molecular complexity index is 1250. The molecule has 0 bridgehead atoms. The van der Waals surface area contributed by atoms with Gasteiger partial charge in [-0.25, -0.2) is 0 Å². The van der Waals surface area contributed by atoms with Crippen molar-refractivity contribution in [3.63, 3.8) is 0 Å². The van der Waals surface area contributed by atoms with Crippen LogP contribution in [0.15, 0.2) is 48.5 Å². The summed E-state index contributed by atoms with van der Waals surface area (Å²) in [7, 11) is -1.10. The Morgan fingerprint density at radius 3 is 2.40 bits per heavy atom. The Morgan fingerprint density at radius 2 is 1.71 bits per heavy atom. The summed E-state index contributed by atoms with van der Waals surface area (Å²) in [6, 6.07) is 12.8. The van der Waals surface area contributed by atoms with Gasteiger partial charge >= 0.3 is 7.12 Å². The lowest BCUT2D eigenvalue weighted by Crippen LogP contribution is -2.51. The molecular weight excluding hydrogens is 535 g/mol. The zero-order chi connectivity index (χ0) is 30.4. The largest absolute Gasteiger partial charge is 0.492 e. The number of nitrogens with one attached hydrogen (secondary N) is 3. The first kappa shape index (κ1) is 31.6. The molecule has 1 aliphatic heterocycles. The number of carbonyl (C=O) groups is 3. The number of benzene rings is 2. The fourth-order valence-corrected chi connectivity index (χ4v) is 5.78. The maximum atomic E-state index is 13.4. The molecule has 4 unspecified atom stereocenters. The molecule has 1 fully saturated rings. The number of anilines is 1. The topological polar surface area (TPSA) is 195 Å². The second kappa shape index (κ2) is 13.8. The van der Waals surface area contributed by atoms with E-state index in [4.69, 9.17) is 21.9 Å². The van der Waals surface area contributed by atoms with Crippen LogP contribution in [-0.4, -0.2) is 60.1 Å². The Morgan fingerprint density at radius 1 is 1.02 bits per heavy atom. The van der Waals surface area contributed by atoms with Gasteiger partial charge in [0.1, 0.15) is 6.04 Å². The molecule has 2 aromatic carbocycles. The minimum atomic E-state index is -1.10. The van der Waals surface area contributed by atoms with Crippen molar-refractivity contribution in [2.75, 3.05) is 5.32 Å². The molecule has 4 rings (SSSR count). The Kier molecular flexibility index (Phi) is 10.4. The van der Waals surface area contributed by atoms with Crippen molar-refractivity contribution in [2.45, 2.75) is 94.6 Å². The van der Waals surface area contributed by atoms with Crippen molar-refractivity contribution in [1.82, 2.24) is 10.6 Å². The van der Waals surface area contributed by atoms with Gasteiger partial charge in [-0.1, -0.05) is 36.4 Å². The zero-order valence-corrected chi connectivity index (χ0v) is 24.3. The van der Waals surface area contributed by atoms with E-state index in [1.54, 1.807) is 12.1 Å². The Labute approximate surface area is 247 Å². The second-order valence-corrected chi connectivity index (χ2v) is 12.0. The number of aryl methyl sites for hydroxylation is 1. The molecule has 2 aromatic rings. The first-order valence-electron chi connectivity index (χ1n) is 14.6. The van der Waals surface area contributed by atoms with E-state index in [0.717, 1.165) is 17.5 Å². The molecule has 1 saturated carbocycles. The lowest BCUT2D eigenvalue weighted by atomic mass is 9.78. The molecular formula is C30H43BN6O5. The maximum absolute atomic E-state index is 13.4. The molecule has 0 spiro atoms. The van der Waals surface area contributed by atoms with Gasteiger partial charge < -0.3 is 42.8 Å². The van der Waals surface area contributed by atoms with Crippen LogP contribution >= 0.6 is 0 Å². The summed E-state index contributed by atoms with van der Waals surface area (Å²) >= 11 is 0. The van der Waals surface area contributed by atoms with E-state index in [-0.39, 0.29) is 36.9 Å². The predicted octanol–water partition coefficient (Wildman–Crippen LogP) is 0.126. The molecule has 3 amide bonds. The Balaban J connectivity index is 1.36. The standard InChI is InChI=1S/C30H43BN6O5/c1-30(2)23-10-9-21(17-24(23)31(41)42-30)36-29(40)26(12-8-18-6-4-3-5-7-18)37-28(39)25(34)11-13-27(38)35-22-15-19(32)14-20(33)16-22/h3-7,9-10,17,19-20,22,25-26,41H,8,11-16,32-34H2,1-2H3,(H,35,38)(H,36,40)(H,37,39). The van der Waals surface area contributed by atoms with Crippen LogP contribution in [0.2, 0.25) is 0 Å². The van der Waals surface area contributed by atoms with E-state index in [0.29, 0.717) is 36.8 Å². The molecule has 42 heavy (non-hydrogen) atoms. The molecule has 11 nitrogen and oxygen atoms in total. The molecule has 1 aliphatic carbocycles. The van der Waals surface area contributed by atoms with Crippen LogP contribution in [0.1, 0.15) is 63.5 Å². The summed E-state index contributed by atoms with van der Waals surface area (Å²) in [6.45, 7) is 3.73. The van der Waals surface area contributed by atoms with E-state index in [9.17, 15) is 19.4 Å². The SMILES string of the molecule is CC1(C)OB(O)c2cc(NC(=O)C(CCc3ccccc3)NC(=O)C(N)CCC(=O)NC3CC(N)CC(N)C3)ccc21. The van der Waals surface area contributed by atoms with Crippen molar-refractivity contribution in [1.29, 1.82) is 0 Å². The van der Waals surface area contributed by atoms with Crippen LogP contribution < -0.4 is 38.6 Å². The van der Waals surface area contributed by atoms with Gasteiger partial charge in [0.15, 0.2) is 0 Å². The van der Waals surface area contributed by atoms with Crippen molar-refractivity contribution in [3.8, 4) is 0 Å². The smallest absolute Gasteiger partial charge is 0.423 e. The fourth-order valence-electron chi connectivity index (χ4n) is 5.78. The summed E-state index contributed by atoms with van der Waals surface area (Å²) < 4.78 is 5.62. The van der Waals surface area contributed by atoms with E-state index in [1.807, 2.05) is 50.2 Å². The van der Waals surface area contributed by atoms with Crippen LogP contribution in [0, 0.1) is 0 Å². The van der Waals surface area contributed by atoms with Gasteiger partial charge in [0.2, 0.25) is 17.7 Å². The number of nitrogens with two attached hydrogens (primary N) is 3. The van der Waals surface area contributed by atoms with E-state index in [2.05, 4.69) is 16.0 Å². The lowest BCUT2D eigenvalue weighted by molar-refractivity contribution is -0.128. The van der Waals surface area contributed by atoms with E-state index < -0.39 is 36.6 Å². The normalized spacial score (nSPS) is 22.5. The average molecular weight is 579 g/mol. The highest BCUT2D eigenvalue weighted by Crippen LogP contribution is 2.30. The third-order valence-electron chi connectivity index (χ3n) is 8.00. The van der Waals surface area contributed by atoms with Crippen LogP contribution in [-0.2, 0) is 31.1 Å². The highest BCUT2D eigenvalue weighted by molar-refractivity contribution is 6.62. The van der Waals surface area contributed by atoms with E-state index in [1.165, 1.54) is 0 Å². The molecule has 226 valence electrons. The van der Waals surface area contributed by atoms with Crippen LogP contribution in [0.5, 0.6) is 0 Å². The van der Waals surface area contributed by atoms with Gasteiger partial charge in [0.05, 0.1) is 11.6 Å². The molecule has 10 N–H and O–H groups in total. The van der Waals surface area contributed by atoms with Crippen LogP contribution in [0.3, 0.4) is 0 Å². The van der Waals surface area contributed by atoms with E-state index >= 15 is 0 Å². The summed E-state index contributed by atoms with van der Waals surface area (Å²) in [5.74, 6) is -1.15. The maximum Gasteiger partial charge on any atom is 0.492 e. The van der Waals surface area contributed by atoms with Gasteiger partial charge in [0.25, 0.3) is 0 Å². The third-order valence-corrected chi connectivity index (χ3v) is 8.00. The number of rotatable bonds is 11. The zero-order valence-electron chi connectivity index (χ0n) is 24.3. The van der Waals surface area contributed by atoms with Crippen molar-refractivity contribution in [2.24, 2.45) is 17.2 Å². The number of amides is 3. The summed E-state index contributed by atoms with van der Waals surface area (Å²) in [4.78, 5) is 39.0. The van der Waals surface area contributed by atoms with Gasteiger partial charge in [0, 0.05) is 30.2 Å². The second-order valence-electron chi connectivity index (χ2n) is 12.0. The summed E-state index contributed by atoms with van der Waals surface area (Å²) in [6.07, 6.45) is 3.13. The first-order valence-corrected chi connectivity index (χ1v) is 14.6. The molecule has 4 atom stereocenters. The van der Waals surface area contributed by atoms with Crippen LogP contribution in [0.4, 0.5) is 5.69 Å². The quantitative estimate of drug-likeness (QED) is 0.183. The lowest BCUT2D eigenvalue weighted by Gasteiger charge is -2.31. The van der Waals surface area contributed by atoms with Crippen molar-refractivity contribution < 1.29 is 24.1 Å². The highest BCUT2D eigenvalue weighted by Gasteiger charge is 2.40. The third kappa shape index (κ3) is 8.39. The van der Waals surface area contributed by atoms with Gasteiger partial charge in [-0.05, 0) is 81.1 Å². The predicted molar refractivity (Wildman–Crippen MR) is 162 cm³/mol. The van der Waals surface area contributed by atoms with Crippen LogP contribution in [0.25, 0.3) is 0 Å². The van der Waals surface area contributed by atoms with Gasteiger partial charge in [-0.2, -0.15) is 0 Å². The number of hydrogen-bond acceptors (Lipinski definition) is 8. The van der Waals surface area contributed by atoms with Gasteiger partial charge in [-0.15, -0.1) is 0 Å². The Hall–Kier alpha value is -3.29. The average Bonchev–Trinajstić information content (AvgIpc) is 3.16. The minimum absolute atomic E-state index is 0.0481. The number of carbonyl (C=O) groups excluding carboxylic acids is 3. The molecule has 2 aliphatic rings. The molecule has 1 heterocycles. The van der Waals surface area contributed by atoms with Crippen molar-refractivity contribution in [3.05, 3.63) is 59.7 Å². The molecule has 0 saturated heterocycles. The molecule has 0 aromatic heterocycles. The minimum Gasteiger partial charge on any atom is -0.423 e.